The molecule has 0 bridgehead atoms. The molecule has 1 aromatic heterocycles. The van der Waals surface area contributed by atoms with Gasteiger partial charge in [-0.3, -0.25) is 4.79 Å². The highest BCUT2D eigenvalue weighted by Crippen LogP contribution is 2.19. The van der Waals surface area contributed by atoms with Crippen LogP contribution in [0.15, 0.2) is 12.3 Å². The van der Waals surface area contributed by atoms with E-state index in [0.29, 0.717) is 11.4 Å². The summed E-state index contributed by atoms with van der Waals surface area (Å²) in [5.41, 5.74) is 7.13. The first-order valence-corrected chi connectivity index (χ1v) is 8.01. The summed E-state index contributed by atoms with van der Waals surface area (Å²) in [5, 5.41) is 0. The Morgan fingerprint density at radius 1 is 1.47 bits per heavy atom. The molecule has 0 saturated carbocycles. The van der Waals surface area contributed by atoms with Crippen LogP contribution in [0.3, 0.4) is 0 Å². The molecule has 1 heterocycles. The maximum Gasteiger partial charge on any atom is 0.270 e. The largest absolute Gasteiger partial charge is 0.397 e. The van der Waals surface area contributed by atoms with Gasteiger partial charge in [-0.1, -0.05) is 0 Å². The first-order valence-electron chi connectivity index (χ1n) is 6.62. The summed E-state index contributed by atoms with van der Waals surface area (Å²) in [7, 11) is 1.86. The molecule has 108 valence electrons. The lowest BCUT2D eigenvalue weighted by Gasteiger charge is -2.26. The molecule has 0 aliphatic carbocycles. The Bertz CT molecular complexity index is 428. The maximum absolute atomic E-state index is 12.5. The number of nitrogens with zero attached hydrogens (tertiary/aromatic N) is 2. The fourth-order valence-electron chi connectivity index (χ4n) is 1.96. The van der Waals surface area contributed by atoms with Gasteiger partial charge in [-0.15, -0.1) is 0 Å². The lowest BCUT2D eigenvalue weighted by molar-refractivity contribution is 0.0729. The molecule has 0 aliphatic rings. The molecule has 0 radical (unpaired) electrons. The van der Waals surface area contributed by atoms with E-state index in [2.05, 4.69) is 13.2 Å². The van der Waals surface area contributed by atoms with E-state index >= 15 is 0 Å². The smallest absolute Gasteiger partial charge is 0.270 e. The summed E-state index contributed by atoms with van der Waals surface area (Å²) in [4.78, 5) is 14.3. The quantitative estimate of drug-likeness (QED) is 0.873. The van der Waals surface area contributed by atoms with Gasteiger partial charge >= 0.3 is 0 Å². The van der Waals surface area contributed by atoms with Gasteiger partial charge in [0.1, 0.15) is 5.69 Å². The van der Waals surface area contributed by atoms with Gasteiger partial charge in [0.25, 0.3) is 5.91 Å². The molecular weight excluding hydrogens is 258 g/mol. The molecule has 0 fully saturated rings. The summed E-state index contributed by atoms with van der Waals surface area (Å²) >= 11 is 1.80. The van der Waals surface area contributed by atoms with Crippen LogP contribution in [0.5, 0.6) is 0 Å². The number of hydrogen-bond acceptors (Lipinski definition) is 3. The van der Waals surface area contributed by atoms with Crippen molar-refractivity contribution in [3.63, 3.8) is 0 Å². The monoisotopic (exact) mass is 283 g/mol. The SMILES string of the molecule is CSCCC(C)N(C)C(=O)c1cc(N)cn1C(C)C. The number of rotatable bonds is 6. The second-order valence-electron chi connectivity index (χ2n) is 5.21. The molecule has 0 aromatic carbocycles. The number of carbonyl (C=O) groups excluding carboxylic acids is 1. The standard InChI is InChI=1S/C14H25N3OS/c1-10(2)17-9-12(15)8-13(17)14(18)16(4)11(3)6-7-19-5/h8-11H,6-7,15H2,1-5H3. The highest BCUT2D eigenvalue weighted by Gasteiger charge is 2.21. The zero-order chi connectivity index (χ0) is 14.6. The number of anilines is 1. The lowest BCUT2D eigenvalue weighted by atomic mass is 10.2. The third kappa shape index (κ3) is 3.93. The van der Waals surface area contributed by atoms with E-state index in [4.69, 9.17) is 5.73 Å². The summed E-state index contributed by atoms with van der Waals surface area (Å²) < 4.78 is 1.94. The van der Waals surface area contributed by atoms with E-state index in [-0.39, 0.29) is 18.0 Å². The zero-order valence-corrected chi connectivity index (χ0v) is 13.3. The Morgan fingerprint density at radius 2 is 2.11 bits per heavy atom. The molecule has 1 atom stereocenters. The molecule has 0 saturated heterocycles. The summed E-state index contributed by atoms with van der Waals surface area (Å²) in [6.45, 7) is 6.18. The number of nitrogens with two attached hydrogens (primary N) is 1. The minimum Gasteiger partial charge on any atom is -0.397 e. The number of aromatic nitrogens is 1. The second kappa shape index (κ2) is 6.89. The number of hydrogen-bond donors (Lipinski definition) is 1. The predicted octanol–water partition coefficient (Wildman–Crippen LogP) is 2.86. The number of nitrogen functional groups attached to an aromatic ring is 1. The molecule has 1 unspecified atom stereocenters. The first-order chi connectivity index (χ1) is 8.88. The summed E-state index contributed by atoms with van der Waals surface area (Å²) in [5.74, 6) is 1.10. The van der Waals surface area contributed by atoms with Crippen molar-refractivity contribution in [3.05, 3.63) is 18.0 Å². The van der Waals surface area contributed by atoms with Crippen molar-refractivity contribution in [2.45, 2.75) is 39.3 Å². The van der Waals surface area contributed by atoms with Gasteiger partial charge in [0, 0.05) is 25.3 Å². The Labute approximate surface area is 120 Å². The predicted molar refractivity (Wildman–Crippen MR) is 83.8 cm³/mol. The summed E-state index contributed by atoms with van der Waals surface area (Å²) in [6, 6.07) is 2.22. The van der Waals surface area contributed by atoms with Gasteiger partial charge in [0.2, 0.25) is 0 Å². The minimum absolute atomic E-state index is 0.0407. The Balaban J connectivity index is 2.87. The van der Waals surface area contributed by atoms with Crippen molar-refractivity contribution < 1.29 is 4.79 Å². The fraction of sp³-hybridized carbons (Fsp3) is 0.643. The van der Waals surface area contributed by atoms with Crippen LogP contribution in [-0.2, 0) is 0 Å². The maximum atomic E-state index is 12.5. The van der Waals surface area contributed by atoms with E-state index in [1.165, 1.54) is 0 Å². The molecule has 1 rings (SSSR count). The highest BCUT2D eigenvalue weighted by molar-refractivity contribution is 7.98. The fourth-order valence-corrected chi connectivity index (χ4v) is 2.54. The Kier molecular flexibility index (Phi) is 5.79. The highest BCUT2D eigenvalue weighted by atomic mass is 32.2. The normalized spacial score (nSPS) is 12.7. The molecule has 5 heteroatoms. The van der Waals surface area contributed by atoms with Crippen LogP contribution in [0.4, 0.5) is 5.69 Å². The van der Waals surface area contributed by atoms with Gasteiger partial charge in [-0.2, -0.15) is 11.8 Å². The second-order valence-corrected chi connectivity index (χ2v) is 6.19. The van der Waals surface area contributed by atoms with Crippen LogP contribution >= 0.6 is 11.8 Å². The van der Waals surface area contributed by atoms with Crippen molar-refractivity contribution in [2.75, 3.05) is 24.8 Å². The van der Waals surface area contributed by atoms with Gasteiger partial charge in [-0.05, 0) is 45.3 Å². The van der Waals surface area contributed by atoms with Gasteiger partial charge in [-0.25, -0.2) is 0 Å². The molecule has 1 aromatic rings. The molecule has 0 aliphatic heterocycles. The van der Waals surface area contributed by atoms with Crippen LogP contribution in [-0.4, -0.2) is 40.5 Å². The average Bonchev–Trinajstić information content (AvgIpc) is 2.76. The third-order valence-electron chi connectivity index (χ3n) is 3.37. The first kappa shape index (κ1) is 16.0. The number of thioether (sulfide) groups is 1. The van der Waals surface area contributed by atoms with Crippen molar-refractivity contribution in [1.82, 2.24) is 9.47 Å². The van der Waals surface area contributed by atoms with E-state index in [1.807, 2.05) is 36.6 Å². The van der Waals surface area contributed by atoms with Gasteiger partial charge < -0.3 is 15.2 Å². The van der Waals surface area contributed by atoms with Crippen molar-refractivity contribution >= 4 is 23.4 Å². The average molecular weight is 283 g/mol. The Morgan fingerprint density at radius 3 is 2.63 bits per heavy atom. The van der Waals surface area contributed by atoms with E-state index in [9.17, 15) is 4.79 Å². The molecular formula is C14H25N3OS. The van der Waals surface area contributed by atoms with E-state index < -0.39 is 0 Å². The van der Waals surface area contributed by atoms with Crippen molar-refractivity contribution in [1.29, 1.82) is 0 Å². The number of carbonyl (C=O) groups is 1. The van der Waals surface area contributed by atoms with Gasteiger partial charge in [0.15, 0.2) is 0 Å². The van der Waals surface area contributed by atoms with Gasteiger partial charge in [0.05, 0.1) is 5.69 Å². The summed E-state index contributed by atoms with van der Waals surface area (Å²) in [6.07, 6.45) is 4.92. The van der Waals surface area contributed by atoms with E-state index in [1.54, 1.807) is 17.8 Å². The molecule has 0 spiro atoms. The van der Waals surface area contributed by atoms with Crippen molar-refractivity contribution in [3.8, 4) is 0 Å². The molecule has 4 nitrogen and oxygen atoms in total. The van der Waals surface area contributed by atoms with Crippen LogP contribution in [0.2, 0.25) is 0 Å². The zero-order valence-electron chi connectivity index (χ0n) is 12.5. The van der Waals surface area contributed by atoms with Crippen LogP contribution < -0.4 is 5.73 Å². The number of amides is 1. The molecule has 19 heavy (non-hydrogen) atoms. The Hall–Kier alpha value is -1.10. The topological polar surface area (TPSA) is 51.3 Å². The van der Waals surface area contributed by atoms with E-state index in [0.717, 1.165) is 12.2 Å². The molecule has 1 amide bonds. The van der Waals surface area contributed by atoms with Crippen LogP contribution in [0, 0.1) is 0 Å². The lowest BCUT2D eigenvalue weighted by Crippen LogP contribution is -2.36. The third-order valence-corrected chi connectivity index (χ3v) is 4.01. The van der Waals surface area contributed by atoms with Crippen molar-refractivity contribution in [2.24, 2.45) is 0 Å². The molecule has 2 N–H and O–H groups in total. The van der Waals surface area contributed by atoms with Crippen LogP contribution in [0.25, 0.3) is 0 Å². The minimum atomic E-state index is 0.0407. The van der Waals surface area contributed by atoms with Crippen LogP contribution in [0.1, 0.15) is 43.7 Å².